The molecular weight excluding hydrogens is 436 g/mol. The summed E-state index contributed by atoms with van der Waals surface area (Å²) < 4.78 is 7.11. The van der Waals surface area contributed by atoms with Gasteiger partial charge in [-0.1, -0.05) is 30.3 Å². The predicted molar refractivity (Wildman–Crippen MR) is 117 cm³/mol. The van der Waals surface area contributed by atoms with Gasteiger partial charge in [-0.3, -0.25) is 4.57 Å². The van der Waals surface area contributed by atoms with Gasteiger partial charge in [0.2, 0.25) is 5.28 Å². The highest BCUT2D eigenvalue weighted by molar-refractivity contribution is 6.28. The van der Waals surface area contributed by atoms with Crippen LogP contribution in [-0.2, 0) is 4.74 Å². The molecular formula is C21H25ClN6O4. The van der Waals surface area contributed by atoms with E-state index in [0.29, 0.717) is 22.9 Å². The number of aliphatic hydroxyl groups excluding tert-OH is 3. The molecule has 2 aromatic heterocycles. The van der Waals surface area contributed by atoms with E-state index >= 15 is 0 Å². The number of halogens is 1. The molecule has 4 unspecified atom stereocenters. The summed E-state index contributed by atoms with van der Waals surface area (Å²) in [5, 5.41) is 31.9. The van der Waals surface area contributed by atoms with Crippen LogP contribution in [-0.4, -0.2) is 77.9 Å². The molecule has 5 rings (SSSR count). The van der Waals surface area contributed by atoms with Crippen molar-refractivity contribution in [3.05, 3.63) is 47.5 Å². The molecule has 2 fully saturated rings. The van der Waals surface area contributed by atoms with Crippen LogP contribution in [0.1, 0.15) is 30.6 Å². The average Bonchev–Trinajstić information content (AvgIpc) is 3.35. The lowest BCUT2D eigenvalue weighted by Gasteiger charge is -2.32. The number of fused-ring (bicyclic) bond motifs is 1. The number of anilines is 1. The van der Waals surface area contributed by atoms with Crippen LogP contribution in [0.25, 0.3) is 11.2 Å². The Labute approximate surface area is 189 Å². The molecule has 0 amide bonds. The predicted octanol–water partition coefficient (Wildman–Crippen LogP) is 1.30. The van der Waals surface area contributed by atoms with E-state index in [1.54, 1.807) is 0 Å². The molecule has 4 N–H and O–H groups in total. The summed E-state index contributed by atoms with van der Waals surface area (Å²) in [6.45, 7) is 1.25. The molecule has 170 valence electrons. The Morgan fingerprint density at radius 1 is 1.09 bits per heavy atom. The first kappa shape index (κ1) is 21.5. The first-order chi connectivity index (χ1) is 15.5. The van der Waals surface area contributed by atoms with Crippen molar-refractivity contribution in [3.8, 4) is 0 Å². The Balaban J connectivity index is 1.35. The molecule has 0 bridgehead atoms. The molecule has 2 aliphatic rings. The fourth-order valence-corrected chi connectivity index (χ4v) is 4.63. The van der Waals surface area contributed by atoms with Gasteiger partial charge in [0.1, 0.15) is 18.3 Å². The molecule has 1 aromatic carbocycles. The second-order valence-corrected chi connectivity index (χ2v) is 8.52. The van der Waals surface area contributed by atoms with Gasteiger partial charge in [-0.2, -0.15) is 9.97 Å². The number of nitrogens with one attached hydrogen (secondary N) is 1. The van der Waals surface area contributed by atoms with E-state index in [9.17, 15) is 15.3 Å². The van der Waals surface area contributed by atoms with Gasteiger partial charge in [0, 0.05) is 13.1 Å². The third-order valence-corrected chi connectivity index (χ3v) is 6.38. The zero-order chi connectivity index (χ0) is 22.2. The molecule has 0 radical (unpaired) electrons. The maximum absolute atomic E-state index is 10.4. The van der Waals surface area contributed by atoms with Gasteiger partial charge in [0.25, 0.3) is 0 Å². The minimum absolute atomic E-state index is 0.0210. The van der Waals surface area contributed by atoms with Crippen molar-refractivity contribution in [1.82, 2.24) is 24.5 Å². The maximum Gasteiger partial charge on any atom is 0.226 e. The number of aliphatic hydroxyl groups is 3. The Kier molecular flexibility index (Phi) is 5.97. The topological polar surface area (TPSA) is 129 Å². The van der Waals surface area contributed by atoms with E-state index in [-0.39, 0.29) is 5.28 Å². The third kappa shape index (κ3) is 3.94. The number of benzene rings is 1. The van der Waals surface area contributed by atoms with Crippen LogP contribution in [0.15, 0.2) is 36.7 Å². The van der Waals surface area contributed by atoms with Crippen LogP contribution in [0, 0.1) is 0 Å². The van der Waals surface area contributed by atoms with Gasteiger partial charge in [-0.15, -0.1) is 0 Å². The number of rotatable bonds is 5. The number of imidazole rings is 1. The zero-order valence-electron chi connectivity index (χ0n) is 17.3. The quantitative estimate of drug-likeness (QED) is 0.416. The van der Waals surface area contributed by atoms with Gasteiger partial charge in [-0.25, -0.2) is 9.99 Å². The van der Waals surface area contributed by atoms with E-state index < -0.39 is 31.1 Å². The minimum Gasteiger partial charge on any atom is -0.394 e. The van der Waals surface area contributed by atoms with Crippen molar-refractivity contribution in [2.75, 3.05) is 25.1 Å². The number of aromatic nitrogens is 4. The van der Waals surface area contributed by atoms with Crippen LogP contribution < -0.4 is 5.43 Å². The van der Waals surface area contributed by atoms with Crippen molar-refractivity contribution in [2.45, 2.75) is 43.3 Å². The summed E-state index contributed by atoms with van der Waals surface area (Å²) >= 11 is 6.19. The standard InChI is InChI=1S/C21H25ClN6O4/c22-21-24-18(26-27-8-6-13(7-9-27)12-4-2-1-3-5-12)15-19(25-21)28(11-23-15)20-17(31)16(30)14(10-29)32-20/h1-5,11,13-14,16-17,20,29-31H,6-10H2,(H,24,25,26). The number of hydrogen-bond acceptors (Lipinski definition) is 9. The Hall–Kier alpha value is -2.34. The second kappa shape index (κ2) is 8.89. The van der Waals surface area contributed by atoms with Crippen LogP contribution >= 0.6 is 11.6 Å². The van der Waals surface area contributed by atoms with E-state index in [1.807, 2.05) is 6.07 Å². The monoisotopic (exact) mass is 460 g/mol. The molecule has 3 aromatic rings. The average molecular weight is 461 g/mol. The summed E-state index contributed by atoms with van der Waals surface area (Å²) in [6.07, 6.45) is -0.829. The SMILES string of the molecule is OCC1OC(n2cnc3c(NN4CCC(c5ccccc5)CC4)nc(Cl)nc32)C(O)C1O. The fourth-order valence-electron chi connectivity index (χ4n) is 4.46. The second-order valence-electron chi connectivity index (χ2n) is 8.18. The third-order valence-electron chi connectivity index (χ3n) is 6.22. The molecule has 11 heteroatoms. The van der Waals surface area contributed by atoms with Crippen LogP contribution in [0.3, 0.4) is 0 Å². The molecule has 10 nitrogen and oxygen atoms in total. The summed E-state index contributed by atoms with van der Waals surface area (Å²) in [4.78, 5) is 13.0. The summed E-state index contributed by atoms with van der Waals surface area (Å²) in [5.74, 6) is 0.984. The van der Waals surface area contributed by atoms with Crippen molar-refractivity contribution < 1.29 is 20.1 Å². The molecule has 0 aliphatic carbocycles. The van der Waals surface area contributed by atoms with Gasteiger partial charge in [-0.05, 0) is 35.9 Å². The largest absolute Gasteiger partial charge is 0.394 e. The minimum atomic E-state index is -1.24. The number of hydrogen-bond donors (Lipinski definition) is 4. The first-order valence-electron chi connectivity index (χ1n) is 10.6. The van der Waals surface area contributed by atoms with Gasteiger partial charge in [0.15, 0.2) is 23.2 Å². The number of ether oxygens (including phenoxy) is 1. The molecule has 0 saturated carbocycles. The van der Waals surface area contributed by atoms with Crippen molar-refractivity contribution in [1.29, 1.82) is 0 Å². The summed E-state index contributed by atoms with van der Waals surface area (Å²) in [6, 6.07) is 10.5. The number of hydrazine groups is 1. The fraction of sp³-hybridized carbons (Fsp3) is 0.476. The first-order valence-corrected chi connectivity index (χ1v) is 11.0. The summed E-state index contributed by atoms with van der Waals surface area (Å²) in [7, 11) is 0. The molecule has 32 heavy (non-hydrogen) atoms. The zero-order valence-corrected chi connectivity index (χ0v) is 18.0. The highest BCUT2D eigenvalue weighted by Gasteiger charge is 2.44. The van der Waals surface area contributed by atoms with Crippen LogP contribution in [0.4, 0.5) is 5.82 Å². The smallest absolute Gasteiger partial charge is 0.226 e. The lowest BCUT2D eigenvalue weighted by Crippen LogP contribution is -2.37. The Morgan fingerprint density at radius 2 is 1.84 bits per heavy atom. The van der Waals surface area contributed by atoms with E-state index in [1.165, 1.54) is 16.5 Å². The van der Waals surface area contributed by atoms with Crippen LogP contribution in [0.5, 0.6) is 0 Å². The number of nitrogens with zero attached hydrogens (tertiary/aromatic N) is 5. The van der Waals surface area contributed by atoms with E-state index in [0.717, 1.165) is 25.9 Å². The van der Waals surface area contributed by atoms with Crippen molar-refractivity contribution >= 4 is 28.6 Å². The van der Waals surface area contributed by atoms with Gasteiger partial charge < -0.3 is 25.5 Å². The molecule has 4 heterocycles. The molecule has 2 saturated heterocycles. The molecule has 0 spiro atoms. The van der Waals surface area contributed by atoms with Gasteiger partial charge in [0.05, 0.1) is 12.9 Å². The lowest BCUT2D eigenvalue weighted by molar-refractivity contribution is -0.0511. The van der Waals surface area contributed by atoms with E-state index in [4.69, 9.17) is 16.3 Å². The lowest BCUT2D eigenvalue weighted by atomic mass is 9.90. The van der Waals surface area contributed by atoms with Crippen molar-refractivity contribution in [3.63, 3.8) is 0 Å². The van der Waals surface area contributed by atoms with Gasteiger partial charge >= 0.3 is 0 Å². The van der Waals surface area contributed by atoms with E-state index in [2.05, 4.69) is 49.7 Å². The molecule has 2 aliphatic heterocycles. The highest BCUT2D eigenvalue weighted by atomic mass is 35.5. The maximum atomic E-state index is 10.4. The summed E-state index contributed by atoms with van der Waals surface area (Å²) in [5.41, 5.74) is 5.50. The van der Waals surface area contributed by atoms with Crippen molar-refractivity contribution in [2.24, 2.45) is 0 Å². The highest BCUT2D eigenvalue weighted by Crippen LogP contribution is 2.33. The van der Waals surface area contributed by atoms with Crippen LogP contribution in [0.2, 0.25) is 5.28 Å². The normalized spacial score (nSPS) is 27.2. The number of piperidine rings is 1. The Bertz CT molecular complexity index is 1070. The Morgan fingerprint density at radius 3 is 2.53 bits per heavy atom. The molecule has 4 atom stereocenters.